The molecule has 58 valence electrons. The number of hydrogen-bond donors (Lipinski definition) is 1. The quantitative estimate of drug-likeness (QED) is 0.598. The van der Waals surface area contributed by atoms with Gasteiger partial charge in [-0.2, -0.15) is 0 Å². The van der Waals surface area contributed by atoms with E-state index in [9.17, 15) is 4.79 Å². The second-order valence-corrected chi connectivity index (χ2v) is 2.36. The van der Waals surface area contributed by atoms with Crippen LogP contribution in [0.1, 0.15) is 20.3 Å². The fourth-order valence-corrected chi connectivity index (χ4v) is 0.631. The molecule has 0 saturated heterocycles. The van der Waals surface area contributed by atoms with Crippen LogP contribution in [0.4, 0.5) is 0 Å². The second kappa shape index (κ2) is 4.23. The Morgan fingerprint density at radius 1 is 1.80 bits per heavy atom. The molecule has 0 bridgehead atoms. The van der Waals surface area contributed by atoms with Gasteiger partial charge in [0.1, 0.15) is 6.10 Å². The van der Waals surface area contributed by atoms with E-state index >= 15 is 0 Å². The molecular weight excluding hydrogens is 128 g/mol. The van der Waals surface area contributed by atoms with Crippen LogP contribution in [0.5, 0.6) is 0 Å². The Hall–Kier alpha value is -0.630. The average molecular weight is 142 g/mol. The van der Waals surface area contributed by atoms with Gasteiger partial charge in [0.2, 0.25) is 0 Å². The van der Waals surface area contributed by atoms with Crippen LogP contribution in [-0.2, 0) is 4.79 Å². The van der Waals surface area contributed by atoms with E-state index in [0.717, 1.165) is 0 Å². The largest absolute Gasteiger partial charge is 0.385 e. The van der Waals surface area contributed by atoms with Crippen LogP contribution in [0.2, 0.25) is 0 Å². The van der Waals surface area contributed by atoms with Gasteiger partial charge < -0.3 is 5.11 Å². The molecule has 0 aliphatic carbocycles. The van der Waals surface area contributed by atoms with E-state index in [1.807, 2.05) is 0 Å². The Bertz CT molecular complexity index is 129. The van der Waals surface area contributed by atoms with Crippen LogP contribution in [0.15, 0.2) is 12.7 Å². The molecule has 10 heavy (non-hydrogen) atoms. The summed E-state index contributed by atoms with van der Waals surface area (Å²) in [4.78, 5) is 10.8. The van der Waals surface area contributed by atoms with Gasteiger partial charge in [-0.25, -0.2) is 0 Å². The second-order valence-electron chi connectivity index (χ2n) is 2.36. The molecule has 0 amide bonds. The Balaban J connectivity index is 3.93. The average Bonchev–Trinajstić information content (AvgIpc) is 2.00. The van der Waals surface area contributed by atoms with E-state index in [1.54, 1.807) is 19.9 Å². The predicted molar refractivity (Wildman–Crippen MR) is 40.7 cm³/mol. The van der Waals surface area contributed by atoms with Crippen molar-refractivity contribution in [1.82, 2.24) is 0 Å². The standard InChI is InChI=1S/C8H14O2/c1-4-6(3)8(10)7(9)5-2/h4,6,8,10H,1,5H2,2-3H3/t6-,8+/m0/s1. The third kappa shape index (κ3) is 2.31. The maximum absolute atomic E-state index is 10.8. The monoisotopic (exact) mass is 142 g/mol. The maximum Gasteiger partial charge on any atom is 0.161 e. The molecule has 0 spiro atoms. The van der Waals surface area contributed by atoms with E-state index in [-0.39, 0.29) is 11.7 Å². The van der Waals surface area contributed by atoms with Crippen molar-refractivity contribution in [2.45, 2.75) is 26.4 Å². The van der Waals surface area contributed by atoms with E-state index in [1.165, 1.54) is 0 Å². The molecule has 0 heterocycles. The van der Waals surface area contributed by atoms with Crippen molar-refractivity contribution in [3.8, 4) is 0 Å². The normalized spacial score (nSPS) is 15.9. The number of carbonyl (C=O) groups excluding carboxylic acids is 1. The van der Waals surface area contributed by atoms with Crippen molar-refractivity contribution in [3.63, 3.8) is 0 Å². The summed E-state index contributed by atoms with van der Waals surface area (Å²) in [5.74, 6) is -0.250. The minimum absolute atomic E-state index is 0.118. The third-order valence-electron chi connectivity index (χ3n) is 1.55. The summed E-state index contributed by atoms with van der Waals surface area (Å²) in [5, 5.41) is 9.17. The summed E-state index contributed by atoms with van der Waals surface area (Å²) in [6.45, 7) is 6.99. The summed E-state index contributed by atoms with van der Waals surface area (Å²) in [7, 11) is 0. The predicted octanol–water partition coefficient (Wildman–Crippen LogP) is 1.15. The molecule has 0 aliphatic rings. The van der Waals surface area contributed by atoms with Crippen molar-refractivity contribution in [1.29, 1.82) is 0 Å². The van der Waals surface area contributed by atoms with Crippen molar-refractivity contribution < 1.29 is 9.90 Å². The molecule has 2 heteroatoms. The molecule has 0 fully saturated rings. The minimum Gasteiger partial charge on any atom is -0.385 e. The summed E-state index contributed by atoms with van der Waals surface area (Å²) in [5.41, 5.74) is 0. The molecule has 0 aromatic rings. The van der Waals surface area contributed by atoms with Crippen LogP contribution < -0.4 is 0 Å². The molecule has 0 aliphatic heterocycles. The summed E-state index contributed by atoms with van der Waals surface area (Å²) in [6, 6.07) is 0. The molecular formula is C8H14O2. The summed E-state index contributed by atoms with van der Waals surface area (Å²) in [6.07, 6.45) is 1.11. The number of aliphatic hydroxyl groups is 1. The van der Waals surface area contributed by atoms with Crippen LogP contribution in [-0.4, -0.2) is 17.0 Å². The van der Waals surface area contributed by atoms with Gasteiger partial charge in [-0.3, -0.25) is 4.79 Å². The molecule has 0 aromatic heterocycles. The molecule has 2 atom stereocenters. The van der Waals surface area contributed by atoms with Crippen LogP contribution in [0.3, 0.4) is 0 Å². The van der Waals surface area contributed by atoms with Gasteiger partial charge in [-0.15, -0.1) is 6.58 Å². The van der Waals surface area contributed by atoms with Crippen LogP contribution >= 0.6 is 0 Å². The van der Waals surface area contributed by atoms with Crippen molar-refractivity contribution >= 4 is 5.78 Å². The number of carbonyl (C=O) groups is 1. The summed E-state index contributed by atoms with van der Waals surface area (Å²) < 4.78 is 0. The van der Waals surface area contributed by atoms with Crippen molar-refractivity contribution in [3.05, 3.63) is 12.7 Å². The topological polar surface area (TPSA) is 37.3 Å². The highest BCUT2D eigenvalue weighted by Gasteiger charge is 2.17. The number of Topliss-reactive ketones (excluding diaryl/α,β-unsaturated/α-hetero) is 1. The lowest BCUT2D eigenvalue weighted by atomic mass is 10.0. The van der Waals surface area contributed by atoms with E-state index in [2.05, 4.69) is 6.58 Å². The third-order valence-corrected chi connectivity index (χ3v) is 1.55. The smallest absolute Gasteiger partial charge is 0.161 e. The Labute approximate surface area is 61.6 Å². The van der Waals surface area contributed by atoms with Crippen molar-refractivity contribution in [2.24, 2.45) is 5.92 Å². The van der Waals surface area contributed by atoms with Gasteiger partial charge >= 0.3 is 0 Å². The van der Waals surface area contributed by atoms with Gasteiger partial charge in [0.15, 0.2) is 5.78 Å². The fourth-order valence-electron chi connectivity index (χ4n) is 0.631. The highest BCUT2D eigenvalue weighted by atomic mass is 16.3. The fraction of sp³-hybridized carbons (Fsp3) is 0.625. The Morgan fingerprint density at radius 3 is 2.60 bits per heavy atom. The number of ketones is 1. The van der Waals surface area contributed by atoms with Gasteiger partial charge in [-0.1, -0.05) is 19.9 Å². The Morgan fingerprint density at radius 2 is 2.30 bits per heavy atom. The number of hydrogen-bond acceptors (Lipinski definition) is 2. The molecule has 2 nitrogen and oxygen atoms in total. The van der Waals surface area contributed by atoms with E-state index in [4.69, 9.17) is 5.11 Å². The lowest BCUT2D eigenvalue weighted by Gasteiger charge is -2.11. The molecule has 0 saturated carbocycles. The first-order valence-corrected chi connectivity index (χ1v) is 3.46. The zero-order valence-corrected chi connectivity index (χ0v) is 6.50. The number of rotatable bonds is 4. The maximum atomic E-state index is 10.8. The van der Waals surface area contributed by atoms with E-state index < -0.39 is 6.10 Å². The SMILES string of the molecule is C=C[C@H](C)[C@@H](O)C(=O)CC. The van der Waals surface area contributed by atoms with Crippen molar-refractivity contribution in [2.75, 3.05) is 0 Å². The van der Waals surface area contributed by atoms with E-state index in [0.29, 0.717) is 6.42 Å². The lowest BCUT2D eigenvalue weighted by Crippen LogP contribution is -2.25. The molecule has 0 rings (SSSR count). The van der Waals surface area contributed by atoms with Gasteiger partial charge in [0.25, 0.3) is 0 Å². The van der Waals surface area contributed by atoms with Gasteiger partial charge in [0, 0.05) is 12.3 Å². The first-order chi connectivity index (χ1) is 4.63. The first kappa shape index (κ1) is 9.37. The zero-order chi connectivity index (χ0) is 8.15. The molecule has 0 unspecified atom stereocenters. The highest BCUT2D eigenvalue weighted by molar-refractivity contribution is 5.82. The van der Waals surface area contributed by atoms with Crippen LogP contribution in [0, 0.1) is 5.92 Å². The molecule has 0 aromatic carbocycles. The zero-order valence-electron chi connectivity index (χ0n) is 6.50. The number of aliphatic hydroxyl groups excluding tert-OH is 1. The Kier molecular flexibility index (Phi) is 3.96. The lowest BCUT2D eigenvalue weighted by molar-refractivity contribution is -0.128. The molecule has 1 N–H and O–H groups in total. The molecule has 0 radical (unpaired) electrons. The minimum atomic E-state index is -0.859. The van der Waals surface area contributed by atoms with Crippen LogP contribution in [0.25, 0.3) is 0 Å². The summed E-state index contributed by atoms with van der Waals surface area (Å²) >= 11 is 0. The first-order valence-electron chi connectivity index (χ1n) is 3.46. The van der Waals surface area contributed by atoms with Gasteiger partial charge in [0.05, 0.1) is 0 Å². The van der Waals surface area contributed by atoms with Gasteiger partial charge in [-0.05, 0) is 0 Å². The highest BCUT2D eigenvalue weighted by Crippen LogP contribution is 2.05.